The van der Waals surface area contributed by atoms with E-state index in [2.05, 4.69) is 17.4 Å². The van der Waals surface area contributed by atoms with Crippen LogP contribution in [0.25, 0.3) is 0 Å². The van der Waals surface area contributed by atoms with Gasteiger partial charge in [-0.1, -0.05) is 23.7 Å². The first-order valence-corrected chi connectivity index (χ1v) is 10.5. The average Bonchev–Trinajstić information content (AvgIpc) is 2.72. The first-order valence-electron chi connectivity index (χ1n) is 10.1. The molecule has 1 heterocycles. The van der Waals surface area contributed by atoms with Gasteiger partial charge in [-0.2, -0.15) is 0 Å². The molecule has 1 aliphatic rings. The van der Waals surface area contributed by atoms with E-state index in [1.807, 2.05) is 31.3 Å². The van der Waals surface area contributed by atoms with Crippen molar-refractivity contribution in [2.24, 2.45) is 0 Å². The molecule has 1 fully saturated rings. The number of benzene rings is 2. The molecule has 1 aliphatic heterocycles. The minimum Gasteiger partial charge on any atom is -0.488 e. The van der Waals surface area contributed by atoms with Crippen molar-refractivity contribution in [3.8, 4) is 5.75 Å². The lowest BCUT2D eigenvalue weighted by Gasteiger charge is -2.23. The fourth-order valence-corrected chi connectivity index (χ4v) is 3.40. The van der Waals surface area contributed by atoms with Gasteiger partial charge in [0.05, 0.1) is 20.3 Å². The molecule has 1 unspecified atom stereocenters. The molecule has 0 aromatic heterocycles. The highest BCUT2D eigenvalue weighted by molar-refractivity contribution is 6.30. The molecule has 0 radical (unpaired) electrons. The average molecular weight is 420 g/mol. The number of likely N-dealkylation sites (N-methyl/N-ethyl adjacent to an activating group) is 1. The summed E-state index contributed by atoms with van der Waals surface area (Å²) in [5.41, 5.74) is 2.11. The molecule has 1 amide bonds. The molecule has 1 atom stereocenters. The van der Waals surface area contributed by atoms with E-state index in [-0.39, 0.29) is 5.91 Å². The van der Waals surface area contributed by atoms with E-state index in [0.717, 1.165) is 55.7 Å². The van der Waals surface area contributed by atoms with Crippen LogP contribution in [0, 0.1) is 0 Å². The maximum absolute atomic E-state index is 12.3. The van der Waals surface area contributed by atoms with Gasteiger partial charge in [-0.25, -0.2) is 0 Å². The molecule has 2 aromatic rings. The van der Waals surface area contributed by atoms with Crippen molar-refractivity contribution in [1.82, 2.24) is 0 Å². The zero-order valence-electron chi connectivity index (χ0n) is 16.9. The van der Waals surface area contributed by atoms with Gasteiger partial charge in [0.15, 0.2) is 6.54 Å². The Kier molecular flexibility index (Phi) is 8.31. The normalized spacial score (nSPS) is 15.7. The summed E-state index contributed by atoms with van der Waals surface area (Å²) in [7, 11) is 1.99. The predicted octanol–water partition coefficient (Wildman–Crippen LogP) is 0.287. The molecule has 0 spiro atoms. The van der Waals surface area contributed by atoms with Gasteiger partial charge in [-0.3, -0.25) is 4.79 Å². The zero-order valence-corrected chi connectivity index (χ0v) is 17.6. The Bertz CT molecular complexity index is 762. The largest absolute Gasteiger partial charge is 0.488 e. The third-order valence-corrected chi connectivity index (χ3v) is 5.22. The van der Waals surface area contributed by atoms with E-state index in [4.69, 9.17) is 21.1 Å². The first kappa shape index (κ1) is 21.6. The first-order chi connectivity index (χ1) is 14.1. The Balaban J connectivity index is 1.36. The Hall–Kier alpha value is -2.12. The summed E-state index contributed by atoms with van der Waals surface area (Å²) in [4.78, 5) is 14.9. The molecule has 0 bridgehead atoms. The van der Waals surface area contributed by atoms with Crippen LogP contribution in [0.3, 0.4) is 0 Å². The maximum atomic E-state index is 12.3. The number of amides is 1. The van der Waals surface area contributed by atoms with Crippen molar-refractivity contribution < 1.29 is 24.1 Å². The molecule has 0 saturated carbocycles. The third kappa shape index (κ3) is 7.66. The number of carbonyl (C=O) groups excluding carboxylic acids is 1. The molecular weight excluding hydrogens is 390 g/mol. The number of ether oxygens (including phenoxy) is 2. The fraction of sp³-hybridized carbons (Fsp3) is 0.409. The second-order valence-corrected chi connectivity index (χ2v) is 7.91. The molecule has 29 heavy (non-hydrogen) atoms. The van der Waals surface area contributed by atoms with E-state index in [0.29, 0.717) is 18.2 Å². The van der Waals surface area contributed by atoms with Crippen LogP contribution in [0.4, 0.5) is 5.69 Å². The number of halogens is 1. The van der Waals surface area contributed by atoms with Gasteiger partial charge >= 0.3 is 0 Å². The molecule has 1 saturated heterocycles. The number of rotatable bonds is 9. The highest BCUT2D eigenvalue weighted by Gasteiger charge is 2.14. The predicted molar refractivity (Wildman–Crippen MR) is 114 cm³/mol. The molecule has 3 rings (SSSR count). The van der Waals surface area contributed by atoms with Crippen LogP contribution in [0.5, 0.6) is 5.75 Å². The van der Waals surface area contributed by atoms with Crippen molar-refractivity contribution in [3.05, 3.63) is 59.1 Å². The number of quaternary nitrogens is 2. The van der Waals surface area contributed by atoms with E-state index in [9.17, 15) is 4.79 Å². The van der Waals surface area contributed by atoms with Gasteiger partial charge in [0.2, 0.25) is 0 Å². The van der Waals surface area contributed by atoms with Crippen molar-refractivity contribution in [2.45, 2.75) is 6.54 Å². The molecule has 3 N–H and O–H groups in total. The summed E-state index contributed by atoms with van der Waals surface area (Å²) in [6, 6.07) is 15.4. The van der Waals surface area contributed by atoms with Crippen molar-refractivity contribution >= 4 is 23.2 Å². The fourth-order valence-electron chi connectivity index (χ4n) is 3.27. The number of morpholine rings is 1. The van der Waals surface area contributed by atoms with Crippen molar-refractivity contribution in [3.63, 3.8) is 0 Å². The number of nitrogens with one attached hydrogen (secondary N) is 3. The van der Waals surface area contributed by atoms with Gasteiger partial charge in [0.1, 0.15) is 38.5 Å². The molecule has 156 valence electrons. The number of anilines is 1. The van der Waals surface area contributed by atoms with Crippen LogP contribution in [-0.2, 0) is 16.1 Å². The van der Waals surface area contributed by atoms with Gasteiger partial charge < -0.3 is 24.6 Å². The lowest BCUT2D eigenvalue weighted by molar-refractivity contribution is -0.921. The lowest BCUT2D eigenvalue weighted by Crippen LogP contribution is -3.12. The number of carbonyl (C=O) groups is 1. The summed E-state index contributed by atoms with van der Waals surface area (Å²) in [6.07, 6.45) is 0. The zero-order chi connectivity index (χ0) is 20.5. The second kappa shape index (κ2) is 11.2. The monoisotopic (exact) mass is 419 g/mol. The molecule has 2 aromatic carbocycles. The van der Waals surface area contributed by atoms with E-state index < -0.39 is 0 Å². The van der Waals surface area contributed by atoms with Crippen LogP contribution in [0.2, 0.25) is 5.02 Å². The minimum atomic E-state index is 0.000507. The Morgan fingerprint density at radius 1 is 1.14 bits per heavy atom. The van der Waals surface area contributed by atoms with Crippen molar-refractivity contribution in [1.29, 1.82) is 0 Å². The third-order valence-electron chi connectivity index (χ3n) is 4.97. The smallest absolute Gasteiger partial charge is 0.279 e. The quantitative estimate of drug-likeness (QED) is 0.547. The van der Waals surface area contributed by atoms with E-state index in [1.54, 1.807) is 17.0 Å². The van der Waals surface area contributed by atoms with Crippen LogP contribution < -0.4 is 19.9 Å². The molecule has 0 aliphatic carbocycles. The number of hydrogen-bond acceptors (Lipinski definition) is 3. The summed E-state index contributed by atoms with van der Waals surface area (Å²) < 4.78 is 11.1. The van der Waals surface area contributed by atoms with Crippen LogP contribution >= 0.6 is 11.6 Å². The van der Waals surface area contributed by atoms with Crippen LogP contribution in [0.15, 0.2) is 48.5 Å². The highest BCUT2D eigenvalue weighted by atomic mass is 35.5. The summed E-state index contributed by atoms with van der Waals surface area (Å²) >= 11 is 5.86. The van der Waals surface area contributed by atoms with E-state index >= 15 is 0 Å². The molecular formula is C22H30ClN3O3+2. The van der Waals surface area contributed by atoms with Gasteiger partial charge in [0, 0.05) is 16.3 Å². The topological polar surface area (TPSA) is 56.4 Å². The highest BCUT2D eigenvalue weighted by Crippen LogP contribution is 2.15. The SMILES string of the molecule is C[NH+](CCOc1ccc(Cl)cc1)CC(=O)Nc1ccc(C[NH+]2CCOCC2)cc1. The summed E-state index contributed by atoms with van der Waals surface area (Å²) in [6.45, 7) is 6.44. The van der Waals surface area contributed by atoms with Crippen LogP contribution in [0.1, 0.15) is 5.56 Å². The Labute approximate surface area is 177 Å². The standard InChI is InChI=1S/C22H28ClN3O3/c1-25(10-15-29-21-8-4-19(23)5-9-21)17-22(27)24-20-6-2-18(3-7-20)16-26-11-13-28-14-12-26/h2-9H,10-17H2,1H3,(H,24,27)/p+2. The maximum Gasteiger partial charge on any atom is 0.279 e. The van der Waals surface area contributed by atoms with Crippen molar-refractivity contribution in [2.75, 3.05) is 58.4 Å². The molecule has 7 heteroatoms. The van der Waals surface area contributed by atoms with Crippen LogP contribution in [-0.4, -0.2) is 59.0 Å². The minimum absolute atomic E-state index is 0.000507. The Morgan fingerprint density at radius 3 is 2.52 bits per heavy atom. The number of hydrogen-bond donors (Lipinski definition) is 3. The Morgan fingerprint density at radius 2 is 1.83 bits per heavy atom. The van der Waals surface area contributed by atoms with Gasteiger partial charge in [-0.15, -0.1) is 0 Å². The summed E-state index contributed by atoms with van der Waals surface area (Å²) in [5.74, 6) is 0.784. The summed E-state index contributed by atoms with van der Waals surface area (Å²) in [5, 5.41) is 3.66. The van der Waals surface area contributed by atoms with Gasteiger partial charge in [-0.05, 0) is 36.4 Å². The molecule has 6 nitrogen and oxygen atoms in total. The lowest BCUT2D eigenvalue weighted by atomic mass is 10.2. The second-order valence-electron chi connectivity index (χ2n) is 7.47. The van der Waals surface area contributed by atoms with E-state index in [1.165, 1.54) is 5.56 Å². The van der Waals surface area contributed by atoms with Gasteiger partial charge in [0.25, 0.3) is 5.91 Å².